The zero-order valence-electron chi connectivity index (χ0n) is 17.4. The lowest BCUT2D eigenvalue weighted by atomic mass is 9.95. The van der Waals surface area contributed by atoms with Gasteiger partial charge < -0.3 is 19.5 Å². The first kappa shape index (κ1) is 22.1. The van der Waals surface area contributed by atoms with Gasteiger partial charge in [0.25, 0.3) is 5.91 Å². The molecule has 6 nitrogen and oxygen atoms in total. The fourth-order valence-electron chi connectivity index (χ4n) is 3.40. The number of aliphatic hydroxyl groups excluding tert-OH is 1. The van der Waals surface area contributed by atoms with Crippen LogP contribution < -0.4 is 4.74 Å². The summed E-state index contributed by atoms with van der Waals surface area (Å²) in [5.74, 6) is -0.908. The van der Waals surface area contributed by atoms with Gasteiger partial charge in [0.15, 0.2) is 11.5 Å². The first-order valence-electron chi connectivity index (χ1n) is 9.91. The molecule has 0 spiro atoms. The summed E-state index contributed by atoms with van der Waals surface area (Å²) >= 11 is 0. The Bertz CT molecular complexity index is 992. The highest BCUT2D eigenvalue weighted by Crippen LogP contribution is 2.38. The molecule has 6 heteroatoms. The average molecular weight is 419 g/mol. The highest BCUT2D eigenvalue weighted by Gasteiger charge is 2.42. The summed E-state index contributed by atoms with van der Waals surface area (Å²) < 4.78 is 10.6. The Labute approximate surface area is 181 Å². The van der Waals surface area contributed by atoms with E-state index in [2.05, 4.69) is 6.58 Å². The van der Waals surface area contributed by atoms with Crippen LogP contribution in [-0.2, 0) is 14.3 Å². The van der Waals surface area contributed by atoms with E-state index in [9.17, 15) is 14.7 Å². The van der Waals surface area contributed by atoms with Crippen molar-refractivity contribution < 1.29 is 24.2 Å². The molecule has 1 atom stereocenters. The zero-order chi connectivity index (χ0) is 22.2. The Morgan fingerprint density at radius 1 is 1.16 bits per heavy atom. The summed E-state index contributed by atoms with van der Waals surface area (Å²) in [4.78, 5) is 27.2. The smallest absolute Gasteiger partial charge is 0.290 e. The van der Waals surface area contributed by atoms with Gasteiger partial charge in [0.1, 0.15) is 12.4 Å². The molecule has 0 fully saturated rings. The quantitative estimate of drug-likeness (QED) is 0.467. The maximum Gasteiger partial charge on any atom is 0.290 e. The molecule has 2 aromatic carbocycles. The van der Waals surface area contributed by atoms with E-state index in [1.165, 1.54) is 18.1 Å². The van der Waals surface area contributed by atoms with Crippen LogP contribution in [0, 0.1) is 0 Å². The van der Waals surface area contributed by atoms with Crippen LogP contribution in [0.1, 0.15) is 17.2 Å². The van der Waals surface area contributed by atoms with Crippen molar-refractivity contribution in [3.8, 4) is 5.75 Å². The van der Waals surface area contributed by atoms with Crippen molar-refractivity contribution in [2.45, 2.75) is 6.04 Å². The largest absolute Gasteiger partial charge is 0.503 e. The summed E-state index contributed by atoms with van der Waals surface area (Å²) in [6.07, 6.45) is 4.68. The molecule has 1 unspecified atom stereocenters. The summed E-state index contributed by atoms with van der Waals surface area (Å²) in [6, 6.07) is 15.7. The number of hydrogen-bond donors (Lipinski definition) is 1. The molecule has 0 radical (unpaired) electrons. The minimum Gasteiger partial charge on any atom is -0.503 e. The normalized spacial score (nSPS) is 16.2. The van der Waals surface area contributed by atoms with E-state index in [0.717, 1.165) is 5.56 Å². The minimum atomic E-state index is -0.718. The lowest BCUT2D eigenvalue weighted by molar-refractivity contribution is -0.130. The number of carbonyl (C=O) groups is 2. The molecule has 1 aliphatic rings. The van der Waals surface area contributed by atoms with E-state index in [0.29, 0.717) is 17.9 Å². The number of nitrogens with zero attached hydrogens (tertiary/aromatic N) is 1. The molecule has 31 heavy (non-hydrogen) atoms. The summed E-state index contributed by atoms with van der Waals surface area (Å²) in [6.45, 7) is 4.50. The number of methoxy groups -OCH3 is 1. The summed E-state index contributed by atoms with van der Waals surface area (Å²) in [7, 11) is 1.53. The second-order valence-electron chi connectivity index (χ2n) is 6.93. The van der Waals surface area contributed by atoms with Gasteiger partial charge in [0.05, 0.1) is 18.2 Å². The van der Waals surface area contributed by atoms with Crippen LogP contribution in [0.15, 0.2) is 84.7 Å². The van der Waals surface area contributed by atoms with Crippen LogP contribution in [-0.4, -0.2) is 48.6 Å². The molecule has 160 valence electrons. The van der Waals surface area contributed by atoms with Crippen molar-refractivity contribution in [3.63, 3.8) is 0 Å². The van der Waals surface area contributed by atoms with Gasteiger partial charge in [-0.25, -0.2) is 0 Å². The lowest BCUT2D eigenvalue weighted by Crippen LogP contribution is -2.33. The number of allylic oxidation sites excluding steroid dienone is 1. The van der Waals surface area contributed by atoms with Crippen molar-refractivity contribution in [2.24, 2.45) is 0 Å². The molecule has 1 heterocycles. The van der Waals surface area contributed by atoms with Gasteiger partial charge in [-0.2, -0.15) is 0 Å². The van der Waals surface area contributed by atoms with Crippen LogP contribution in [0.3, 0.4) is 0 Å². The number of aliphatic hydroxyl groups is 1. The van der Waals surface area contributed by atoms with Crippen LogP contribution in [0.25, 0.3) is 6.08 Å². The molecule has 2 aromatic rings. The van der Waals surface area contributed by atoms with Gasteiger partial charge in [-0.15, -0.1) is 0 Å². The highest BCUT2D eigenvalue weighted by atomic mass is 16.5. The topological polar surface area (TPSA) is 76.1 Å². The van der Waals surface area contributed by atoms with E-state index < -0.39 is 23.5 Å². The van der Waals surface area contributed by atoms with Gasteiger partial charge in [-0.3, -0.25) is 9.59 Å². The number of ketones is 1. The maximum absolute atomic E-state index is 13.0. The van der Waals surface area contributed by atoms with Crippen molar-refractivity contribution >= 4 is 17.8 Å². The molecular formula is C25H25NO5. The van der Waals surface area contributed by atoms with E-state index in [4.69, 9.17) is 9.47 Å². The molecular weight excluding hydrogens is 394 g/mol. The molecule has 3 rings (SSSR count). The van der Waals surface area contributed by atoms with Gasteiger partial charge in [0.2, 0.25) is 0 Å². The fraction of sp³-hybridized carbons (Fsp3) is 0.200. The van der Waals surface area contributed by atoms with Crippen LogP contribution in [0.4, 0.5) is 0 Å². The summed E-state index contributed by atoms with van der Waals surface area (Å²) in [5, 5.41) is 10.6. The highest BCUT2D eigenvalue weighted by molar-refractivity contribution is 6.14. The molecule has 0 saturated heterocycles. The number of amides is 1. The van der Waals surface area contributed by atoms with Gasteiger partial charge >= 0.3 is 0 Å². The maximum atomic E-state index is 13.0. The van der Waals surface area contributed by atoms with E-state index in [1.54, 1.807) is 36.4 Å². The molecule has 1 aliphatic heterocycles. The van der Waals surface area contributed by atoms with E-state index in [-0.39, 0.29) is 18.7 Å². The van der Waals surface area contributed by atoms with Crippen molar-refractivity contribution in [1.29, 1.82) is 0 Å². The number of rotatable bonds is 10. The van der Waals surface area contributed by atoms with Gasteiger partial charge in [-0.1, -0.05) is 61.2 Å². The van der Waals surface area contributed by atoms with Gasteiger partial charge in [-0.05, 0) is 29.3 Å². The van der Waals surface area contributed by atoms with Crippen LogP contribution >= 0.6 is 0 Å². The Morgan fingerprint density at radius 3 is 2.52 bits per heavy atom. The van der Waals surface area contributed by atoms with E-state index >= 15 is 0 Å². The average Bonchev–Trinajstić information content (AvgIpc) is 3.05. The Kier molecular flexibility index (Phi) is 7.40. The molecule has 0 bridgehead atoms. The number of benzene rings is 2. The molecule has 0 aliphatic carbocycles. The minimum absolute atomic E-state index is 0.0491. The molecule has 0 aromatic heterocycles. The zero-order valence-corrected chi connectivity index (χ0v) is 17.4. The second kappa shape index (κ2) is 10.4. The third-order valence-corrected chi connectivity index (χ3v) is 4.90. The predicted molar refractivity (Wildman–Crippen MR) is 119 cm³/mol. The predicted octanol–water partition coefficient (Wildman–Crippen LogP) is 3.88. The molecule has 1 amide bonds. The van der Waals surface area contributed by atoms with Gasteiger partial charge in [0, 0.05) is 13.7 Å². The van der Waals surface area contributed by atoms with Crippen LogP contribution in [0.5, 0.6) is 5.75 Å². The standard InChI is InChI=1S/C25H25NO5/c1-3-16-31-20-12-10-19(11-13-20)23-22(24(28)25(29)26(23)15-17-30-2)21(27)14-9-18-7-5-4-6-8-18/h3-14,23,28H,1,15-17H2,2H3/b14-9+. The summed E-state index contributed by atoms with van der Waals surface area (Å²) in [5.41, 5.74) is 1.58. The van der Waals surface area contributed by atoms with Crippen molar-refractivity contribution in [1.82, 2.24) is 4.90 Å². The van der Waals surface area contributed by atoms with Crippen molar-refractivity contribution in [2.75, 3.05) is 26.9 Å². The number of carbonyl (C=O) groups excluding carboxylic acids is 2. The van der Waals surface area contributed by atoms with E-state index in [1.807, 2.05) is 30.3 Å². The third kappa shape index (κ3) is 5.10. The SMILES string of the molecule is C=CCOc1ccc(C2C(C(=O)/C=C/c3ccccc3)=C(O)C(=O)N2CCOC)cc1. The number of hydrogen-bond acceptors (Lipinski definition) is 5. The Hall–Kier alpha value is -3.64. The third-order valence-electron chi connectivity index (χ3n) is 4.90. The molecule has 0 saturated carbocycles. The monoisotopic (exact) mass is 419 g/mol. The second-order valence-corrected chi connectivity index (χ2v) is 6.93. The first-order chi connectivity index (χ1) is 15.1. The lowest BCUT2D eigenvalue weighted by Gasteiger charge is -2.26. The fourth-order valence-corrected chi connectivity index (χ4v) is 3.40. The first-order valence-corrected chi connectivity index (χ1v) is 9.91. The number of ether oxygens (including phenoxy) is 2. The Morgan fingerprint density at radius 2 is 1.87 bits per heavy atom. The van der Waals surface area contributed by atoms with Crippen LogP contribution in [0.2, 0.25) is 0 Å². The Balaban J connectivity index is 1.93. The molecule has 1 N–H and O–H groups in total. The van der Waals surface area contributed by atoms with Crippen molar-refractivity contribution in [3.05, 3.63) is 95.8 Å².